The molecule has 9 atom stereocenters. The Bertz CT molecular complexity index is 717. The van der Waals surface area contributed by atoms with E-state index < -0.39 is 52.4 Å². The number of carbonyl (C=O) groups is 2. The van der Waals surface area contributed by atoms with Gasteiger partial charge in [-0.2, -0.15) is 0 Å². The minimum Gasteiger partial charge on any atom is -0.481 e. The summed E-state index contributed by atoms with van der Waals surface area (Å²) in [6, 6.07) is 0. The molecule has 4 bridgehead atoms. The van der Waals surface area contributed by atoms with Crippen molar-refractivity contribution >= 4 is 11.9 Å². The van der Waals surface area contributed by atoms with Gasteiger partial charge in [-0.3, -0.25) is 9.59 Å². The average molecular weight is 348 g/mol. The lowest BCUT2D eigenvalue weighted by Crippen LogP contribution is -2.59. The van der Waals surface area contributed by atoms with E-state index in [4.69, 9.17) is 4.74 Å². The van der Waals surface area contributed by atoms with Crippen molar-refractivity contribution in [1.82, 2.24) is 0 Å². The van der Waals surface area contributed by atoms with E-state index in [1.54, 1.807) is 6.92 Å². The topological polar surface area (TPSA) is 104 Å². The van der Waals surface area contributed by atoms with Crippen molar-refractivity contribution in [3.05, 3.63) is 12.2 Å². The monoisotopic (exact) mass is 348 g/mol. The van der Waals surface area contributed by atoms with Crippen LogP contribution >= 0.6 is 0 Å². The molecule has 5 rings (SSSR count). The summed E-state index contributed by atoms with van der Waals surface area (Å²) in [6.45, 7) is 5.77. The molecular formula is C19H24O6. The van der Waals surface area contributed by atoms with E-state index in [0.29, 0.717) is 12.3 Å². The van der Waals surface area contributed by atoms with E-state index >= 15 is 0 Å². The fourth-order valence-electron chi connectivity index (χ4n) is 7.72. The summed E-state index contributed by atoms with van der Waals surface area (Å²) in [4.78, 5) is 25.2. The van der Waals surface area contributed by atoms with Gasteiger partial charge in [0.05, 0.1) is 18.1 Å². The third-order valence-electron chi connectivity index (χ3n) is 8.47. The smallest absolute Gasteiger partial charge is 0.315 e. The van der Waals surface area contributed by atoms with Crippen molar-refractivity contribution < 1.29 is 29.6 Å². The van der Waals surface area contributed by atoms with Gasteiger partial charge in [0.2, 0.25) is 0 Å². The van der Waals surface area contributed by atoms with Crippen LogP contribution < -0.4 is 0 Å². The van der Waals surface area contributed by atoms with E-state index in [1.807, 2.05) is 0 Å². The molecule has 1 aliphatic heterocycles. The number of esters is 1. The molecule has 0 unspecified atom stereocenters. The molecule has 0 aromatic heterocycles. The summed E-state index contributed by atoms with van der Waals surface area (Å²) < 4.78 is 5.92. The van der Waals surface area contributed by atoms with Crippen LogP contribution in [0.4, 0.5) is 0 Å². The van der Waals surface area contributed by atoms with Crippen molar-refractivity contribution in [2.75, 3.05) is 0 Å². The second-order valence-corrected chi connectivity index (χ2v) is 9.24. The van der Waals surface area contributed by atoms with Crippen molar-refractivity contribution in [3.63, 3.8) is 0 Å². The highest BCUT2D eigenvalue weighted by Gasteiger charge is 2.84. The molecule has 5 aliphatic rings. The van der Waals surface area contributed by atoms with Gasteiger partial charge in [-0.05, 0) is 43.9 Å². The number of rotatable bonds is 1. The molecule has 3 N–H and O–H groups in total. The van der Waals surface area contributed by atoms with Crippen LogP contribution in [0.3, 0.4) is 0 Å². The van der Waals surface area contributed by atoms with Crippen LogP contribution in [0.2, 0.25) is 0 Å². The first kappa shape index (κ1) is 15.8. The summed E-state index contributed by atoms with van der Waals surface area (Å²) in [5.41, 5.74) is -1.70. The number of carboxylic acid groups (broad SMARTS) is 1. The molecule has 136 valence electrons. The molecule has 0 amide bonds. The second-order valence-electron chi connectivity index (χ2n) is 9.24. The second kappa shape index (κ2) is 4.29. The van der Waals surface area contributed by atoms with Crippen LogP contribution in [0, 0.1) is 34.5 Å². The summed E-state index contributed by atoms with van der Waals surface area (Å²) >= 11 is 0. The Labute approximate surface area is 145 Å². The molecule has 4 aliphatic carbocycles. The number of aliphatic carboxylic acids is 1. The fraction of sp³-hybridized carbons (Fsp3) is 0.789. The predicted molar refractivity (Wildman–Crippen MR) is 85.2 cm³/mol. The number of carboxylic acids is 1. The quantitative estimate of drug-likeness (QED) is 0.484. The van der Waals surface area contributed by atoms with Gasteiger partial charge < -0.3 is 20.1 Å². The van der Waals surface area contributed by atoms with Crippen molar-refractivity contribution in [2.24, 2.45) is 34.5 Å². The Morgan fingerprint density at radius 1 is 1.28 bits per heavy atom. The summed E-state index contributed by atoms with van der Waals surface area (Å²) in [6.07, 6.45) is 0.907. The van der Waals surface area contributed by atoms with Crippen LogP contribution in [-0.2, 0) is 14.3 Å². The van der Waals surface area contributed by atoms with Crippen molar-refractivity contribution in [1.29, 1.82) is 0 Å². The Balaban J connectivity index is 1.76. The number of aliphatic hydroxyl groups excluding tert-OH is 2. The van der Waals surface area contributed by atoms with E-state index in [-0.39, 0.29) is 12.3 Å². The highest BCUT2D eigenvalue weighted by Crippen LogP contribution is 2.77. The van der Waals surface area contributed by atoms with Crippen molar-refractivity contribution in [2.45, 2.75) is 56.8 Å². The standard InChI is InChI=1S/C19H24O6/c1-8-5-18-6-9(8)3-4-11(18)19-7-10(20)14(21)17(2,16(24)25-19)13(19)12(18)15(22)23/h9-14,20-21H,1,3-7H2,2H3,(H,22,23)/t9-,10-,11-,12-,13-,14+,17+,18+,19-/m1/s1. The molecule has 1 saturated heterocycles. The van der Waals surface area contributed by atoms with Crippen molar-refractivity contribution in [3.8, 4) is 0 Å². The number of aliphatic hydroxyl groups is 2. The minimum absolute atomic E-state index is 0.0884. The van der Waals surface area contributed by atoms with Gasteiger partial charge in [0.25, 0.3) is 0 Å². The van der Waals surface area contributed by atoms with Crippen LogP contribution in [0.25, 0.3) is 0 Å². The lowest BCUT2D eigenvalue weighted by Gasteiger charge is -2.46. The number of hydrogen-bond donors (Lipinski definition) is 3. The zero-order valence-corrected chi connectivity index (χ0v) is 14.3. The molecule has 0 aromatic rings. The van der Waals surface area contributed by atoms with E-state index in [1.165, 1.54) is 0 Å². The first-order chi connectivity index (χ1) is 11.7. The summed E-state index contributed by atoms with van der Waals surface area (Å²) in [7, 11) is 0. The van der Waals surface area contributed by atoms with Gasteiger partial charge in [-0.1, -0.05) is 12.2 Å². The molecular weight excluding hydrogens is 324 g/mol. The van der Waals surface area contributed by atoms with Crippen LogP contribution in [0.1, 0.15) is 39.0 Å². The molecule has 1 heterocycles. The van der Waals surface area contributed by atoms with E-state index in [0.717, 1.165) is 24.8 Å². The molecule has 0 radical (unpaired) electrons. The van der Waals surface area contributed by atoms with Crippen LogP contribution in [0.5, 0.6) is 0 Å². The van der Waals surface area contributed by atoms with Gasteiger partial charge in [0.1, 0.15) is 11.0 Å². The first-order valence-electron chi connectivity index (χ1n) is 9.18. The summed E-state index contributed by atoms with van der Waals surface area (Å²) in [5, 5.41) is 31.3. The molecule has 6 heteroatoms. The first-order valence-corrected chi connectivity index (χ1v) is 9.18. The lowest BCUT2D eigenvalue weighted by atomic mass is 9.58. The lowest BCUT2D eigenvalue weighted by molar-refractivity contribution is -0.163. The highest BCUT2D eigenvalue weighted by molar-refractivity contribution is 5.85. The Kier molecular flexibility index (Phi) is 2.71. The fourth-order valence-corrected chi connectivity index (χ4v) is 7.72. The maximum absolute atomic E-state index is 12.7. The van der Waals surface area contributed by atoms with Gasteiger partial charge in [-0.25, -0.2) is 0 Å². The Hall–Kier alpha value is -1.40. The van der Waals surface area contributed by atoms with Gasteiger partial charge >= 0.3 is 11.9 Å². The third kappa shape index (κ3) is 1.44. The molecule has 25 heavy (non-hydrogen) atoms. The van der Waals surface area contributed by atoms with Crippen LogP contribution in [0.15, 0.2) is 12.2 Å². The maximum atomic E-state index is 12.7. The SMILES string of the molecule is C=C1C[C@]23C[C@H]1CC[C@H]2[C@@]12C[C@@H](O)[C@H](O)[C@@](C)(C(=O)O1)[C@H]2[C@@H]3C(=O)O. The number of fused-ring (bicyclic) bond motifs is 1. The van der Waals surface area contributed by atoms with E-state index in [9.17, 15) is 24.9 Å². The maximum Gasteiger partial charge on any atom is 0.315 e. The number of hydrogen-bond acceptors (Lipinski definition) is 5. The molecule has 1 spiro atoms. The molecule has 0 aromatic carbocycles. The van der Waals surface area contributed by atoms with E-state index in [2.05, 4.69) is 6.58 Å². The van der Waals surface area contributed by atoms with Gasteiger partial charge in [0.15, 0.2) is 0 Å². The van der Waals surface area contributed by atoms with Crippen LogP contribution in [-0.4, -0.2) is 45.1 Å². The number of ether oxygens (including phenoxy) is 1. The zero-order chi connectivity index (χ0) is 17.9. The minimum atomic E-state index is -1.37. The predicted octanol–water partition coefficient (Wildman–Crippen LogP) is 1.11. The largest absolute Gasteiger partial charge is 0.481 e. The highest BCUT2D eigenvalue weighted by atomic mass is 16.6. The molecule has 6 nitrogen and oxygen atoms in total. The van der Waals surface area contributed by atoms with Gasteiger partial charge in [0, 0.05) is 18.3 Å². The normalized spacial score (nSPS) is 58.7. The van der Waals surface area contributed by atoms with Gasteiger partial charge in [-0.15, -0.1) is 0 Å². The Morgan fingerprint density at radius 2 is 2.00 bits per heavy atom. The average Bonchev–Trinajstić information content (AvgIpc) is 3.00. The number of carbonyl (C=O) groups excluding carboxylic acids is 1. The number of allylic oxidation sites excluding steroid dienone is 1. The zero-order valence-electron chi connectivity index (χ0n) is 14.3. The molecule has 5 fully saturated rings. The molecule has 4 saturated carbocycles. The third-order valence-corrected chi connectivity index (χ3v) is 8.47. The summed E-state index contributed by atoms with van der Waals surface area (Å²) in [5.74, 6) is -2.57. The Morgan fingerprint density at radius 3 is 2.68 bits per heavy atom.